The molecule has 0 aromatic heterocycles. The maximum Gasteiger partial charge on any atom is 0.397 e. The van der Waals surface area contributed by atoms with Gasteiger partial charge in [0.05, 0.1) is 6.61 Å². The van der Waals surface area contributed by atoms with Crippen LogP contribution in [0.3, 0.4) is 0 Å². The Morgan fingerprint density at radius 2 is 1.15 bits per heavy atom. The van der Waals surface area contributed by atoms with Gasteiger partial charge in [-0.1, -0.05) is 90.9 Å². The summed E-state index contributed by atoms with van der Waals surface area (Å²) in [5.41, 5.74) is 5.83. The maximum absolute atomic E-state index is 10.2. The van der Waals surface area contributed by atoms with Gasteiger partial charge in [0.25, 0.3) is 0 Å². The third-order valence-electron chi connectivity index (χ3n) is 4.15. The second kappa shape index (κ2) is 18.2. The largest absolute Gasteiger partial charge is 0.397 e. The Labute approximate surface area is 163 Å². The van der Waals surface area contributed by atoms with Gasteiger partial charge in [0, 0.05) is 5.54 Å². The number of hydrogen-bond acceptors (Lipinski definition) is 4. The van der Waals surface area contributed by atoms with E-state index in [2.05, 4.69) is 31.9 Å². The summed E-state index contributed by atoms with van der Waals surface area (Å²) in [7, 11) is -4.23. The lowest BCUT2D eigenvalue weighted by Gasteiger charge is -2.17. The van der Waals surface area contributed by atoms with E-state index in [0.29, 0.717) is 6.42 Å². The van der Waals surface area contributed by atoms with Gasteiger partial charge in [-0.05, 0) is 26.7 Å². The lowest BCUT2D eigenvalue weighted by molar-refractivity contribution is 0.261. The lowest BCUT2D eigenvalue weighted by atomic mass is 9.98. The quantitative estimate of drug-likeness (QED) is 0.246. The minimum Gasteiger partial charge on any atom is -0.326 e. The van der Waals surface area contributed by atoms with Crippen LogP contribution in [0.15, 0.2) is 0 Å². The van der Waals surface area contributed by atoms with Crippen molar-refractivity contribution >= 4 is 10.4 Å². The minimum absolute atomic E-state index is 0.0508. The SMILES string of the molecule is CCCCCC(C)(C)N.CCCCCCCCCCCCOS(=O)(=O)O. The smallest absolute Gasteiger partial charge is 0.326 e. The number of unbranched alkanes of at least 4 members (excludes halogenated alkanes) is 11. The van der Waals surface area contributed by atoms with Crippen molar-refractivity contribution < 1.29 is 17.2 Å². The van der Waals surface area contributed by atoms with E-state index in [1.54, 1.807) is 0 Å². The predicted octanol–water partition coefficient (Wildman–Crippen LogP) is 6.03. The molecule has 160 valence electrons. The molecule has 0 unspecified atom stereocenters. The van der Waals surface area contributed by atoms with Crippen molar-refractivity contribution in [2.45, 2.75) is 123 Å². The van der Waals surface area contributed by atoms with E-state index < -0.39 is 10.4 Å². The van der Waals surface area contributed by atoms with Crippen LogP contribution in [0, 0.1) is 0 Å². The first-order chi connectivity index (χ1) is 12.1. The number of nitrogens with two attached hydrogens (primary N) is 1. The summed E-state index contributed by atoms with van der Waals surface area (Å²) >= 11 is 0. The normalized spacial score (nSPS) is 11.9. The van der Waals surface area contributed by atoms with E-state index in [1.807, 2.05) is 0 Å². The summed E-state index contributed by atoms with van der Waals surface area (Å²) < 4.78 is 33.0. The van der Waals surface area contributed by atoms with Crippen molar-refractivity contribution in [3.05, 3.63) is 0 Å². The Morgan fingerprint density at radius 3 is 1.54 bits per heavy atom. The molecule has 0 aromatic rings. The first kappa shape index (κ1) is 28.0. The Hall–Kier alpha value is -0.170. The van der Waals surface area contributed by atoms with E-state index in [9.17, 15) is 8.42 Å². The molecule has 0 aromatic carbocycles. The van der Waals surface area contributed by atoms with Crippen molar-refractivity contribution in [1.29, 1.82) is 0 Å². The zero-order chi connectivity index (χ0) is 20.3. The minimum atomic E-state index is -4.23. The fourth-order valence-electron chi connectivity index (χ4n) is 2.58. The molecule has 3 N–H and O–H groups in total. The van der Waals surface area contributed by atoms with Gasteiger partial charge in [0.15, 0.2) is 0 Å². The van der Waals surface area contributed by atoms with Crippen molar-refractivity contribution in [1.82, 2.24) is 0 Å². The Balaban J connectivity index is 0. The van der Waals surface area contributed by atoms with Crippen LogP contribution in [0.1, 0.15) is 118 Å². The summed E-state index contributed by atoms with van der Waals surface area (Å²) in [5.74, 6) is 0. The molecule has 0 fully saturated rings. The van der Waals surface area contributed by atoms with Gasteiger partial charge >= 0.3 is 10.4 Å². The average Bonchev–Trinajstić information content (AvgIpc) is 2.51. The van der Waals surface area contributed by atoms with Crippen LogP contribution in [-0.2, 0) is 14.6 Å². The van der Waals surface area contributed by atoms with Crippen LogP contribution in [0.25, 0.3) is 0 Å². The second-order valence-electron chi connectivity index (χ2n) is 7.88. The molecular formula is C20H45NO4S. The third kappa shape index (κ3) is 31.6. The molecule has 0 aliphatic heterocycles. The van der Waals surface area contributed by atoms with Crippen LogP contribution >= 0.6 is 0 Å². The molecule has 0 amide bonds. The summed E-state index contributed by atoms with van der Waals surface area (Å²) in [5, 5.41) is 0. The molecule has 0 radical (unpaired) electrons. The highest BCUT2D eigenvalue weighted by atomic mass is 32.3. The molecule has 6 heteroatoms. The number of rotatable bonds is 16. The molecule has 0 aliphatic rings. The molecular weight excluding hydrogens is 350 g/mol. The van der Waals surface area contributed by atoms with Gasteiger partial charge in [-0.2, -0.15) is 8.42 Å². The molecule has 26 heavy (non-hydrogen) atoms. The van der Waals surface area contributed by atoms with Gasteiger partial charge in [-0.25, -0.2) is 4.18 Å². The second-order valence-corrected chi connectivity index (χ2v) is 8.97. The Kier molecular flexibility index (Phi) is 19.6. The van der Waals surface area contributed by atoms with Crippen LogP contribution in [0.2, 0.25) is 0 Å². The lowest BCUT2D eigenvalue weighted by Crippen LogP contribution is -2.31. The van der Waals surface area contributed by atoms with Crippen LogP contribution < -0.4 is 5.73 Å². The molecule has 0 rings (SSSR count). The Morgan fingerprint density at radius 1 is 0.769 bits per heavy atom. The molecule has 0 heterocycles. The third-order valence-corrected chi connectivity index (χ3v) is 4.62. The highest BCUT2D eigenvalue weighted by Gasteiger charge is 2.08. The molecule has 0 saturated carbocycles. The standard InChI is InChI=1S/C12H26O4S.C8H19N/c1-2-3-4-5-6-7-8-9-10-11-12-16-17(13,14)15;1-4-5-6-7-8(2,3)9/h2-12H2,1H3,(H,13,14,15);4-7,9H2,1-3H3. The Bertz CT molecular complexity index is 378. The monoisotopic (exact) mass is 395 g/mol. The van der Waals surface area contributed by atoms with Gasteiger partial charge in [0.1, 0.15) is 0 Å². The fraction of sp³-hybridized carbons (Fsp3) is 1.00. The highest BCUT2D eigenvalue weighted by Crippen LogP contribution is 2.11. The summed E-state index contributed by atoms with van der Waals surface area (Å²) in [6, 6.07) is 0. The van der Waals surface area contributed by atoms with Crippen LogP contribution in [0.4, 0.5) is 0 Å². The molecule has 0 atom stereocenters. The molecule has 0 bridgehead atoms. The first-order valence-corrected chi connectivity index (χ1v) is 11.9. The molecule has 0 spiro atoms. The van der Waals surface area contributed by atoms with E-state index in [1.165, 1.54) is 64.2 Å². The molecule has 0 aliphatic carbocycles. The van der Waals surface area contributed by atoms with Gasteiger partial charge in [0.2, 0.25) is 0 Å². The van der Waals surface area contributed by atoms with Crippen LogP contribution in [-0.4, -0.2) is 25.1 Å². The molecule has 0 saturated heterocycles. The zero-order valence-electron chi connectivity index (χ0n) is 17.8. The summed E-state index contributed by atoms with van der Waals surface area (Å²) in [6.07, 6.45) is 16.9. The topological polar surface area (TPSA) is 89.6 Å². The van der Waals surface area contributed by atoms with Gasteiger partial charge < -0.3 is 5.73 Å². The summed E-state index contributed by atoms with van der Waals surface area (Å²) in [6.45, 7) is 8.69. The maximum atomic E-state index is 10.2. The average molecular weight is 396 g/mol. The molecule has 5 nitrogen and oxygen atoms in total. The van der Waals surface area contributed by atoms with Gasteiger partial charge in [-0.15, -0.1) is 0 Å². The van der Waals surface area contributed by atoms with Crippen molar-refractivity contribution in [2.75, 3.05) is 6.61 Å². The highest BCUT2D eigenvalue weighted by molar-refractivity contribution is 7.80. The number of hydrogen-bond donors (Lipinski definition) is 2. The fourth-order valence-corrected chi connectivity index (χ4v) is 2.91. The van der Waals surface area contributed by atoms with Crippen molar-refractivity contribution in [3.63, 3.8) is 0 Å². The van der Waals surface area contributed by atoms with Crippen molar-refractivity contribution in [3.8, 4) is 0 Å². The zero-order valence-corrected chi connectivity index (χ0v) is 18.6. The first-order valence-electron chi connectivity index (χ1n) is 10.5. The van der Waals surface area contributed by atoms with E-state index in [-0.39, 0.29) is 12.1 Å². The van der Waals surface area contributed by atoms with E-state index in [4.69, 9.17) is 10.3 Å². The predicted molar refractivity (Wildman–Crippen MR) is 112 cm³/mol. The van der Waals surface area contributed by atoms with Crippen molar-refractivity contribution in [2.24, 2.45) is 5.73 Å². The summed E-state index contributed by atoms with van der Waals surface area (Å²) in [4.78, 5) is 0. The van der Waals surface area contributed by atoms with Gasteiger partial charge in [-0.3, -0.25) is 4.55 Å². The van der Waals surface area contributed by atoms with Crippen LogP contribution in [0.5, 0.6) is 0 Å². The van der Waals surface area contributed by atoms with E-state index in [0.717, 1.165) is 19.3 Å². The van der Waals surface area contributed by atoms with E-state index >= 15 is 0 Å².